The maximum Gasteiger partial charge on any atom is 0.283 e. The maximum atomic E-state index is 10.6. The summed E-state index contributed by atoms with van der Waals surface area (Å²) in [5, 5.41) is 13.8. The van der Waals surface area contributed by atoms with Gasteiger partial charge in [-0.1, -0.05) is 13.8 Å². The monoisotopic (exact) mass is 286 g/mol. The van der Waals surface area contributed by atoms with Crippen LogP contribution in [0.5, 0.6) is 0 Å². The van der Waals surface area contributed by atoms with Gasteiger partial charge in [0.15, 0.2) is 0 Å². The second kappa shape index (κ2) is 5.84. The molecule has 0 aliphatic rings. The summed E-state index contributed by atoms with van der Waals surface area (Å²) in [6, 6.07) is 4.96. The Morgan fingerprint density at radius 2 is 2.19 bits per heavy atom. The van der Waals surface area contributed by atoms with E-state index in [2.05, 4.69) is 35.1 Å². The van der Waals surface area contributed by atoms with Crippen LogP contribution >= 0.6 is 15.9 Å². The van der Waals surface area contributed by atoms with E-state index in [1.807, 2.05) is 0 Å². The molecule has 1 rings (SSSR count). The van der Waals surface area contributed by atoms with Gasteiger partial charge >= 0.3 is 0 Å². The minimum Gasteiger partial charge on any atom is -0.385 e. The van der Waals surface area contributed by atoms with E-state index < -0.39 is 4.92 Å². The van der Waals surface area contributed by atoms with Crippen LogP contribution in [-0.2, 0) is 0 Å². The normalized spacial score (nSPS) is 10.5. The van der Waals surface area contributed by atoms with E-state index >= 15 is 0 Å². The molecular weight excluding hydrogens is 272 g/mol. The summed E-state index contributed by atoms with van der Waals surface area (Å²) in [5.74, 6) is 0.647. The van der Waals surface area contributed by atoms with Crippen molar-refractivity contribution in [3.8, 4) is 0 Å². The van der Waals surface area contributed by atoms with E-state index in [0.29, 0.717) is 10.4 Å². The average molecular weight is 287 g/mol. The van der Waals surface area contributed by atoms with Gasteiger partial charge in [0.2, 0.25) is 0 Å². The van der Waals surface area contributed by atoms with Crippen molar-refractivity contribution in [3.63, 3.8) is 0 Å². The molecule has 0 amide bonds. The number of benzene rings is 1. The fourth-order valence-corrected chi connectivity index (χ4v) is 1.79. The Hall–Kier alpha value is -1.10. The summed E-state index contributed by atoms with van der Waals surface area (Å²) in [7, 11) is 0. The van der Waals surface area contributed by atoms with Crippen LogP contribution in [0.15, 0.2) is 22.7 Å². The predicted molar refractivity (Wildman–Crippen MR) is 68.7 cm³/mol. The lowest BCUT2D eigenvalue weighted by Crippen LogP contribution is -2.04. The van der Waals surface area contributed by atoms with Gasteiger partial charge in [-0.05, 0) is 40.4 Å². The van der Waals surface area contributed by atoms with E-state index in [0.717, 1.165) is 18.7 Å². The number of nitrogens with one attached hydrogen (secondary N) is 1. The molecule has 88 valence electrons. The number of halogens is 1. The third-order valence-corrected chi connectivity index (χ3v) is 2.83. The molecule has 0 fully saturated rings. The van der Waals surface area contributed by atoms with E-state index in [9.17, 15) is 10.1 Å². The number of nitro groups is 1. The van der Waals surface area contributed by atoms with Gasteiger partial charge in [0, 0.05) is 18.3 Å². The van der Waals surface area contributed by atoms with Crippen molar-refractivity contribution < 1.29 is 4.92 Å². The molecule has 5 heteroatoms. The molecule has 0 aliphatic heterocycles. The van der Waals surface area contributed by atoms with Gasteiger partial charge in [0.05, 0.1) is 9.40 Å². The van der Waals surface area contributed by atoms with Crippen molar-refractivity contribution >= 4 is 27.3 Å². The summed E-state index contributed by atoms with van der Waals surface area (Å²) in [5.41, 5.74) is 0.993. The van der Waals surface area contributed by atoms with Crippen LogP contribution in [0.25, 0.3) is 0 Å². The molecule has 0 aromatic heterocycles. The molecule has 0 saturated heterocycles. The molecule has 0 heterocycles. The standard InChI is InChI=1S/C11H15BrN2O2/c1-8(2)5-6-13-9-3-4-11(14(15)16)10(12)7-9/h3-4,7-8,13H,5-6H2,1-2H3. The Morgan fingerprint density at radius 3 is 2.69 bits per heavy atom. The zero-order valence-corrected chi connectivity index (χ0v) is 11.0. The first-order chi connectivity index (χ1) is 7.50. The summed E-state index contributed by atoms with van der Waals surface area (Å²) < 4.78 is 0.507. The van der Waals surface area contributed by atoms with E-state index in [1.165, 1.54) is 6.07 Å². The number of rotatable bonds is 5. The smallest absolute Gasteiger partial charge is 0.283 e. The van der Waals surface area contributed by atoms with E-state index in [-0.39, 0.29) is 5.69 Å². The molecule has 0 unspecified atom stereocenters. The third kappa shape index (κ3) is 3.81. The molecule has 0 atom stereocenters. The predicted octanol–water partition coefficient (Wildman–Crippen LogP) is 3.82. The highest BCUT2D eigenvalue weighted by Gasteiger charge is 2.11. The molecular formula is C11H15BrN2O2. The Kier molecular flexibility index (Phi) is 4.73. The van der Waals surface area contributed by atoms with Crippen LogP contribution in [0.3, 0.4) is 0 Å². The van der Waals surface area contributed by atoms with Gasteiger partial charge in [-0.25, -0.2) is 0 Å². The minimum absolute atomic E-state index is 0.0920. The molecule has 16 heavy (non-hydrogen) atoms. The highest BCUT2D eigenvalue weighted by molar-refractivity contribution is 9.10. The molecule has 0 bridgehead atoms. The Labute approximate surface area is 103 Å². The first kappa shape index (κ1) is 13.0. The van der Waals surface area contributed by atoms with Crippen molar-refractivity contribution in [3.05, 3.63) is 32.8 Å². The Morgan fingerprint density at radius 1 is 1.50 bits per heavy atom. The summed E-state index contributed by atoms with van der Waals surface area (Å²) in [6.07, 6.45) is 1.08. The number of nitrogens with zero attached hydrogens (tertiary/aromatic N) is 1. The Bertz CT molecular complexity index is 380. The highest BCUT2D eigenvalue weighted by Crippen LogP contribution is 2.27. The van der Waals surface area contributed by atoms with Crippen LogP contribution in [0, 0.1) is 16.0 Å². The average Bonchev–Trinajstić information content (AvgIpc) is 2.16. The molecule has 0 radical (unpaired) electrons. The van der Waals surface area contributed by atoms with Crippen LogP contribution in [-0.4, -0.2) is 11.5 Å². The van der Waals surface area contributed by atoms with Gasteiger partial charge in [-0.3, -0.25) is 10.1 Å². The van der Waals surface area contributed by atoms with Gasteiger partial charge in [0.25, 0.3) is 5.69 Å². The van der Waals surface area contributed by atoms with Gasteiger partial charge in [-0.2, -0.15) is 0 Å². The van der Waals surface area contributed by atoms with Crippen molar-refractivity contribution in [2.24, 2.45) is 5.92 Å². The lowest BCUT2D eigenvalue weighted by Gasteiger charge is -2.08. The topological polar surface area (TPSA) is 55.2 Å². The fourth-order valence-electron chi connectivity index (χ4n) is 1.27. The quantitative estimate of drug-likeness (QED) is 0.661. The van der Waals surface area contributed by atoms with Crippen LogP contribution in [0.1, 0.15) is 20.3 Å². The first-order valence-corrected chi connectivity index (χ1v) is 5.98. The van der Waals surface area contributed by atoms with Gasteiger partial charge < -0.3 is 5.32 Å². The van der Waals surface area contributed by atoms with E-state index in [1.54, 1.807) is 12.1 Å². The fraction of sp³-hybridized carbons (Fsp3) is 0.455. The summed E-state index contributed by atoms with van der Waals surface area (Å²) in [6.45, 7) is 5.20. The zero-order chi connectivity index (χ0) is 12.1. The molecule has 0 spiro atoms. The van der Waals surface area contributed by atoms with Crippen LogP contribution in [0.4, 0.5) is 11.4 Å². The molecule has 0 saturated carbocycles. The second-order valence-electron chi connectivity index (χ2n) is 4.03. The number of nitro benzene ring substituents is 1. The number of hydrogen-bond donors (Lipinski definition) is 1. The summed E-state index contributed by atoms with van der Waals surface area (Å²) >= 11 is 3.19. The zero-order valence-electron chi connectivity index (χ0n) is 9.37. The molecule has 4 nitrogen and oxygen atoms in total. The SMILES string of the molecule is CC(C)CCNc1ccc([N+](=O)[O-])c(Br)c1. The largest absolute Gasteiger partial charge is 0.385 e. The lowest BCUT2D eigenvalue weighted by molar-refractivity contribution is -0.385. The minimum atomic E-state index is -0.401. The van der Waals surface area contributed by atoms with Crippen molar-refractivity contribution in [2.75, 3.05) is 11.9 Å². The van der Waals surface area contributed by atoms with Crippen molar-refractivity contribution in [2.45, 2.75) is 20.3 Å². The van der Waals surface area contributed by atoms with Crippen molar-refractivity contribution in [1.29, 1.82) is 0 Å². The molecule has 1 N–H and O–H groups in total. The van der Waals surface area contributed by atoms with Crippen LogP contribution in [0.2, 0.25) is 0 Å². The summed E-state index contributed by atoms with van der Waals surface area (Å²) in [4.78, 5) is 10.2. The third-order valence-electron chi connectivity index (χ3n) is 2.20. The van der Waals surface area contributed by atoms with Crippen molar-refractivity contribution in [1.82, 2.24) is 0 Å². The number of anilines is 1. The van der Waals surface area contributed by atoms with Crippen LogP contribution < -0.4 is 5.32 Å². The molecule has 1 aromatic carbocycles. The molecule has 1 aromatic rings. The first-order valence-electron chi connectivity index (χ1n) is 5.18. The Balaban J connectivity index is 2.63. The second-order valence-corrected chi connectivity index (χ2v) is 4.89. The number of hydrogen-bond acceptors (Lipinski definition) is 3. The molecule has 0 aliphatic carbocycles. The van der Waals surface area contributed by atoms with Gasteiger partial charge in [-0.15, -0.1) is 0 Å². The maximum absolute atomic E-state index is 10.6. The van der Waals surface area contributed by atoms with Gasteiger partial charge in [0.1, 0.15) is 0 Å². The van der Waals surface area contributed by atoms with E-state index in [4.69, 9.17) is 0 Å². The highest BCUT2D eigenvalue weighted by atomic mass is 79.9. The lowest BCUT2D eigenvalue weighted by atomic mass is 10.1.